The van der Waals surface area contributed by atoms with Gasteiger partial charge < -0.3 is 19.7 Å². The van der Waals surface area contributed by atoms with Crippen LogP contribution in [-0.2, 0) is 17.8 Å². The summed E-state index contributed by atoms with van der Waals surface area (Å²) in [5.41, 5.74) is 1.79. The van der Waals surface area contributed by atoms with E-state index < -0.39 is 0 Å². The van der Waals surface area contributed by atoms with E-state index in [1.807, 2.05) is 6.07 Å². The molecule has 0 radical (unpaired) electrons. The number of benzene rings is 1. The number of nitrogens with zero attached hydrogens (tertiary/aromatic N) is 2. The fraction of sp³-hybridized carbons (Fsp3) is 0.412. The molecule has 2 N–H and O–H groups in total. The maximum Gasteiger partial charge on any atom is 0.226 e. The Labute approximate surface area is 134 Å². The second kappa shape index (κ2) is 5.30. The molecule has 0 spiro atoms. The van der Waals surface area contributed by atoms with Gasteiger partial charge in [0.15, 0.2) is 11.5 Å². The van der Waals surface area contributed by atoms with Gasteiger partial charge in [-0.3, -0.25) is 4.79 Å². The van der Waals surface area contributed by atoms with Crippen molar-refractivity contribution >= 4 is 11.7 Å². The first-order valence-electron chi connectivity index (χ1n) is 7.93. The number of methoxy groups -OCH3 is 1. The van der Waals surface area contributed by atoms with E-state index in [2.05, 4.69) is 9.88 Å². The Morgan fingerprint density at radius 1 is 1.39 bits per heavy atom. The lowest BCUT2D eigenvalue weighted by atomic mass is 9.89. The number of aromatic hydroxyl groups is 1. The Hall–Kier alpha value is -2.50. The molecule has 1 amide bonds. The van der Waals surface area contributed by atoms with Gasteiger partial charge >= 0.3 is 0 Å². The molecule has 1 unspecified atom stereocenters. The molecule has 2 aliphatic heterocycles. The summed E-state index contributed by atoms with van der Waals surface area (Å²) in [5.74, 6) is 2.25. The van der Waals surface area contributed by atoms with Crippen molar-refractivity contribution in [2.24, 2.45) is 0 Å². The fourth-order valence-corrected chi connectivity index (χ4v) is 3.54. The third-order valence-electron chi connectivity index (χ3n) is 4.69. The number of rotatable bonds is 2. The lowest BCUT2D eigenvalue weighted by Crippen LogP contribution is -2.25. The number of nitrogens with one attached hydrogen (secondary N) is 1. The summed E-state index contributed by atoms with van der Waals surface area (Å²) < 4.78 is 7.23. The number of fused-ring (bicyclic) bond motifs is 3. The molecule has 120 valence electrons. The summed E-state index contributed by atoms with van der Waals surface area (Å²) in [6.07, 6.45) is 3.54. The number of carbonyl (C=O) groups is 1. The number of hydrogen-bond donors (Lipinski definition) is 2. The largest absolute Gasteiger partial charge is 0.504 e. The molecule has 0 fully saturated rings. The van der Waals surface area contributed by atoms with Crippen LogP contribution in [0.5, 0.6) is 11.5 Å². The van der Waals surface area contributed by atoms with Gasteiger partial charge in [-0.1, -0.05) is 6.07 Å². The topological polar surface area (TPSA) is 76.4 Å². The highest BCUT2D eigenvalue weighted by atomic mass is 16.5. The molecule has 0 saturated carbocycles. The first kappa shape index (κ1) is 14.1. The van der Waals surface area contributed by atoms with Crippen molar-refractivity contribution in [2.75, 3.05) is 12.4 Å². The molecule has 1 aromatic heterocycles. The first-order valence-corrected chi connectivity index (χ1v) is 7.93. The number of aryl methyl sites for hydroxylation is 1. The van der Waals surface area contributed by atoms with E-state index in [1.165, 1.54) is 7.11 Å². The van der Waals surface area contributed by atoms with Crippen LogP contribution in [0.4, 0.5) is 5.82 Å². The van der Waals surface area contributed by atoms with Crippen molar-refractivity contribution in [3.8, 4) is 11.5 Å². The highest BCUT2D eigenvalue weighted by molar-refractivity contribution is 5.94. The average Bonchev–Trinajstić information content (AvgIpc) is 2.92. The number of amides is 1. The van der Waals surface area contributed by atoms with Crippen molar-refractivity contribution < 1.29 is 14.6 Å². The SMILES string of the molecule is COc1ccc(C2CC(=O)Nc3c2nc2n3CCCC2)cc1O. The summed E-state index contributed by atoms with van der Waals surface area (Å²) in [7, 11) is 1.52. The zero-order chi connectivity index (χ0) is 16.0. The van der Waals surface area contributed by atoms with Crippen molar-refractivity contribution in [1.29, 1.82) is 0 Å². The molecule has 4 rings (SSSR count). The van der Waals surface area contributed by atoms with Crippen LogP contribution in [0.3, 0.4) is 0 Å². The van der Waals surface area contributed by atoms with E-state index >= 15 is 0 Å². The van der Waals surface area contributed by atoms with Crippen molar-refractivity contribution in [3.63, 3.8) is 0 Å². The summed E-state index contributed by atoms with van der Waals surface area (Å²) in [6, 6.07) is 5.29. The van der Waals surface area contributed by atoms with E-state index in [1.54, 1.807) is 12.1 Å². The van der Waals surface area contributed by atoms with Gasteiger partial charge in [0.1, 0.15) is 11.6 Å². The standard InChI is InChI=1S/C17H19N3O3/c1-23-13-6-5-10(8-12(13)21)11-9-15(22)19-17-16(11)18-14-4-2-3-7-20(14)17/h5-6,8,11,21H,2-4,7,9H2,1H3,(H,19,22). The van der Waals surface area contributed by atoms with E-state index in [0.29, 0.717) is 12.2 Å². The quantitative estimate of drug-likeness (QED) is 0.892. The second-order valence-corrected chi connectivity index (χ2v) is 6.11. The van der Waals surface area contributed by atoms with E-state index in [-0.39, 0.29) is 17.6 Å². The van der Waals surface area contributed by atoms with Crippen molar-refractivity contribution in [1.82, 2.24) is 9.55 Å². The number of phenolic OH excluding ortho intramolecular Hbond substituents is 1. The fourth-order valence-electron chi connectivity index (χ4n) is 3.54. The second-order valence-electron chi connectivity index (χ2n) is 6.11. The molecular weight excluding hydrogens is 294 g/mol. The van der Waals surface area contributed by atoms with Gasteiger partial charge in [-0.25, -0.2) is 4.98 Å². The first-order chi connectivity index (χ1) is 11.2. The van der Waals surface area contributed by atoms with Crippen LogP contribution in [0.2, 0.25) is 0 Å². The summed E-state index contributed by atoms with van der Waals surface area (Å²) in [5, 5.41) is 13.0. The van der Waals surface area contributed by atoms with E-state index in [0.717, 1.165) is 48.7 Å². The predicted octanol–water partition coefficient (Wildman–Crippen LogP) is 2.41. The Morgan fingerprint density at radius 2 is 2.26 bits per heavy atom. The monoisotopic (exact) mass is 313 g/mol. The molecule has 1 aromatic carbocycles. The molecule has 2 aliphatic rings. The van der Waals surface area contributed by atoms with Gasteiger partial charge in [0.05, 0.1) is 12.8 Å². The van der Waals surface area contributed by atoms with Crippen LogP contribution >= 0.6 is 0 Å². The smallest absolute Gasteiger partial charge is 0.226 e. The van der Waals surface area contributed by atoms with Gasteiger partial charge in [-0.05, 0) is 30.5 Å². The van der Waals surface area contributed by atoms with Gasteiger partial charge in [0, 0.05) is 25.3 Å². The van der Waals surface area contributed by atoms with Crippen LogP contribution in [-0.4, -0.2) is 27.7 Å². The van der Waals surface area contributed by atoms with Gasteiger partial charge in [0.2, 0.25) is 5.91 Å². The Bertz CT molecular complexity index is 782. The Balaban J connectivity index is 1.80. The number of carbonyl (C=O) groups excluding carboxylic acids is 1. The maximum absolute atomic E-state index is 12.2. The third kappa shape index (κ3) is 2.25. The molecular formula is C17H19N3O3. The number of hydrogen-bond acceptors (Lipinski definition) is 4. The molecule has 2 aromatic rings. The lowest BCUT2D eigenvalue weighted by molar-refractivity contribution is -0.116. The highest BCUT2D eigenvalue weighted by Crippen LogP contribution is 2.40. The van der Waals surface area contributed by atoms with Crippen molar-refractivity contribution in [3.05, 3.63) is 35.3 Å². The van der Waals surface area contributed by atoms with Crippen LogP contribution < -0.4 is 10.1 Å². The van der Waals surface area contributed by atoms with Crippen LogP contribution in [0.15, 0.2) is 18.2 Å². The highest BCUT2D eigenvalue weighted by Gasteiger charge is 2.33. The molecule has 6 nitrogen and oxygen atoms in total. The summed E-state index contributed by atoms with van der Waals surface area (Å²) >= 11 is 0. The maximum atomic E-state index is 12.2. The molecule has 23 heavy (non-hydrogen) atoms. The molecule has 6 heteroatoms. The number of anilines is 1. The normalized spacial score (nSPS) is 19.7. The molecule has 3 heterocycles. The third-order valence-corrected chi connectivity index (χ3v) is 4.69. The minimum absolute atomic E-state index is 0.00826. The van der Waals surface area contributed by atoms with Gasteiger partial charge in [-0.15, -0.1) is 0 Å². The molecule has 0 aliphatic carbocycles. The van der Waals surface area contributed by atoms with Crippen LogP contribution in [0.25, 0.3) is 0 Å². The van der Waals surface area contributed by atoms with Crippen LogP contribution in [0.1, 0.15) is 42.3 Å². The number of phenols is 1. The Morgan fingerprint density at radius 3 is 3.04 bits per heavy atom. The zero-order valence-corrected chi connectivity index (χ0v) is 13.0. The summed E-state index contributed by atoms with van der Waals surface area (Å²) in [6.45, 7) is 0.901. The predicted molar refractivity (Wildman–Crippen MR) is 84.9 cm³/mol. The number of ether oxygens (including phenoxy) is 1. The molecule has 0 bridgehead atoms. The van der Waals surface area contributed by atoms with Gasteiger partial charge in [-0.2, -0.15) is 0 Å². The molecule has 0 saturated heterocycles. The molecule has 1 atom stereocenters. The van der Waals surface area contributed by atoms with Crippen molar-refractivity contribution in [2.45, 2.75) is 38.1 Å². The average molecular weight is 313 g/mol. The number of aromatic nitrogens is 2. The minimum atomic E-state index is -0.131. The zero-order valence-electron chi connectivity index (χ0n) is 13.0. The van der Waals surface area contributed by atoms with Crippen LogP contribution in [0, 0.1) is 0 Å². The van der Waals surface area contributed by atoms with E-state index in [9.17, 15) is 9.90 Å². The van der Waals surface area contributed by atoms with E-state index in [4.69, 9.17) is 9.72 Å². The van der Waals surface area contributed by atoms with Gasteiger partial charge in [0.25, 0.3) is 0 Å². The summed E-state index contributed by atoms with van der Waals surface area (Å²) in [4.78, 5) is 17.0. The Kier molecular flexibility index (Phi) is 3.25. The lowest BCUT2D eigenvalue weighted by Gasteiger charge is -2.24. The minimum Gasteiger partial charge on any atom is -0.504 e. The number of imidazole rings is 1.